The Kier molecular flexibility index (Phi) is 5.89. The molecule has 2 aromatic carbocycles. The average Bonchev–Trinajstić information content (AvgIpc) is 3.12. The number of hydrogen-bond acceptors (Lipinski definition) is 8. The van der Waals surface area contributed by atoms with E-state index in [0.717, 1.165) is 10.5 Å². The van der Waals surface area contributed by atoms with Gasteiger partial charge in [-0.2, -0.15) is 0 Å². The van der Waals surface area contributed by atoms with Gasteiger partial charge in [-0.25, -0.2) is 4.79 Å². The average molecular weight is 493 g/mol. The summed E-state index contributed by atoms with van der Waals surface area (Å²) in [6.07, 6.45) is 0.0667. The van der Waals surface area contributed by atoms with E-state index in [4.69, 9.17) is 9.47 Å². The Balaban J connectivity index is 1.33. The van der Waals surface area contributed by atoms with E-state index in [2.05, 4.69) is 0 Å². The molecule has 9 nitrogen and oxygen atoms in total. The molecule has 10 heteroatoms. The number of hydrogen-bond donors (Lipinski definition) is 0. The van der Waals surface area contributed by atoms with Gasteiger partial charge in [0.1, 0.15) is 18.0 Å². The Labute approximate surface area is 204 Å². The predicted molar refractivity (Wildman–Crippen MR) is 124 cm³/mol. The van der Waals surface area contributed by atoms with E-state index in [1.54, 1.807) is 41.8 Å². The number of carbonyl (C=O) groups is 5. The smallest absolute Gasteiger partial charge is 0.333 e. The van der Waals surface area contributed by atoms with Gasteiger partial charge in [0.2, 0.25) is 0 Å². The van der Waals surface area contributed by atoms with E-state index in [1.807, 2.05) is 18.2 Å². The molecule has 0 spiro atoms. The number of β-lactam (4-membered cyclic amide) rings is 1. The lowest BCUT2D eigenvalue weighted by Gasteiger charge is -2.53. The first kappa shape index (κ1) is 22.9. The number of methoxy groups -OCH3 is 1. The molecule has 35 heavy (non-hydrogen) atoms. The van der Waals surface area contributed by atoms with Crippen molar-refractivity contribution in [1.82, 2.24) is 9.80 Å². The molecule has 3 atom stereocenters. The largest absolute Gasteiger partial charge is 0.467 e. The van der Waals surface area contributed by atoms with Gasteiger partial charge in [-0.1, -0.05) is 42.5 Å². The number of imide groups is 1. The van der Waals surface area contributed by atoms with Crippen molar-refractivity contribution < 1.29 is 33.4 Å². The van der Waals surface area contributed by atoms with Crippen LogP contribution in [0, 0.1) is 0 Å². The summed E-state index contributed by atoms with van der Waals surface area (Å²) >= 11 is 1.19. The fourth-order valence-electron chi connectivity index (χ4n) is 4.45. The molecule has 3 heterocycles. The lowest BCUT2D eigenvalue weighted by atomic mass is 9.97. The van der Waals surface area contributed by atoms with Gasteiger partial charge < -0.3 is 14.4 Å². The zero-order chi connectivity index (χ0) is 24.7. The molecule has 1 saturated heterocycles. The molecular weight excluding hydrogens is 472 g/mol. The second-order valence-corrected chi connectivity index (χ2v) is 9.18. The summed E-state index contributed by atoms with van der Waals surface area (Å²) in [5.41, 5.74) is 1.66. The lowest BCUT2D eigenvalue weighted by Crippen LogP contribution is -2.74. The van der Waals surface area contributed by atoms with Crippen molar-refractivity contribution in [1.29, 1.82) is 0 Å². The van der Waals surface area contributed by atoms with E-state index in [-0.39, 0.29) is 24.2 Å². The van der Waals surface area contributed by atoms with Crippen LogP contribution in [-0.2, 0) is 30.3 Å². The van der Waals surface area contributed by atoms with Crippen molar-refractivity contribution in [2.75, 3.05) is 13.7 Å². The van der Waals surface area contributed by atoms with Crippen LogP contribution < -0.4 is 0 Å². The molecule has 0 saturated carbocycles. The van der Waals surface area contributed by atoms with Gasteiger partial charge in [0.15, 0.2) is 6.04 Å². The van der Waals surface area contributed by atoms with Crippen molar-refractivity contribution in [3.63, 3.8) is 0 Å². The monoisotopic (exact) mass is 492 g/mol. The summed E-state index contributed by atoms with van der Waals surface area (Å²) in [6.45, 7) is -0.202. The SMILES string of the molecule is COC(=O)[C@H]1C(COC(=O)Cc2ccccc2)=CS[C@@H]2[C@H](N3C(=O)c4ccccc4C3=O)C(=O)N12. The summed E-state index contributed by atoms with van der Waals surface area (Å²) in [6, 6.07) is 13.3. The highest BCUT2D eigenvalue weighted by Gasteiger charge is 2.61. The molecular formula is C25H20N2O7S. The van der Waals surface area contributed by atoms with Crippen LogP contribution >= 0.6 is 11.8 Å². The fourth-order valence-corrected chi connectivity index (χ4v) is 5.70. The number of ether oxygens (including phenoxy) is 2. The highest BCUT2D eigenvalue weighted by molar-refractivity contribution is 8.03. The molecule has 0 radical (unpaired) electrons. The van der Waals surface area contributed by atoms with Crippen molar-refractivity contribution in [2.45, 2.75) is 23.9 Å². The lowest BCUT2D eigenvalue weighted by molar-refractivity contribution is -0.164. The molecule has 2 aromatic rings. The van der Waals surface area contributed by atoms with Crippen molar-refractivity contribution >= 4 is 41.4 Å². The number of carbonyl (C=O) groups excluding carboxylic acids is 5. The first-order valence-corrected chi connectivity index (χ1v) is 11.8. The maximum atomic E-state index is 13.2. The van der Waals surface area contributed by atoms with Crippen LogP contribution in [0.1, 0.15) is 26.3 Å². The number of amides is 3. The molecule has 178 valence electrons. The van der Waals surface area contributed by atoms with E-state index in [1.165, 1.54) is 23.8 Å². The van der Waals surface area contributed by atoms with Crippen LogP contribution in [0.4, 0.5) is 0 Å². The van der Waals surface area contributed by atoms with Gasteiger partial charge in [-0.05, 0) is 23.1 Å². The van der Waals surface area contributed by atoms with Gasteiger partial charge in [0.25, 0.3) is 17.7 Å². The van der Waals surface area contributed by atoms with E-state index in [0.29, 0.717) is 5.57 Å². The summed E-state index contributed by atoms with van der Waals surface area (Å²) < 4.78 is 10.3. The van der Waals surface area contributed by atoms with Crippen LogP contribution in [0.15, 0.2) is 65.6 Å². The molecule has 1 fully saturated rings. The third kappa shape index (κ3) is 3.79. The number of fused-ring (bicyclic) bond motifs is 2. The second-order valence-electron chi connectivity index (χ2n) is 8.18. The predicted octanol–water partition coefficient (Wildman–Crippen LogP) is 1.78. The summed E-state index contributed by atoms with van der Waals surface area (Å²) in [7, 11) is 1.20. The molecule has 0 unspecified atom stereocenters. The quantitative estimate of drug-likeness (QED) is 0.341. The maximum Gasteiger partial charge on any atom is 0.333 e. The van der Waals surface area contributed by atoms with Gasteiger partial charge in [0, 0.05) is 5.57 Å². The minimum atomic E-state index is -1.12. The Morgan fingerprint density at radius 1 is 0.943 bits per heavy atom. The van der Waals surface area contributed by atoms with Crippen molar-refractivity contribution in [3.05, 3.63) is 82.3 Å². The van der Waals surface area contributed by atoms with Crippen molar-refractivity contribution in [2.24, 2.45) is 0 Å². The molecule has 3 aliphatic rings. The van der Waals surface area contributed by atoms with Gasteiger partial charge in [-0.3, -0.25) is 24.1 Å². The first-order chi connectivity index (χ1) is 16.9. The Morgan fingerprint density at radius 2 is 1.57 bits per heavy atom. The van der Waals surface area contributed by atoms with Crippen molar-refractivity contribution in [3.8, 4) is 0 Å². The number of thioether (sulfide) groups is 1. The van der Waals surface area contributed by atoms with Crippen LogP contribution in [0.25, 0.3) is 0 Å². The standard InChI is InChI=1S/C25H20N2O7S/c1-33-25(32)19-15(12-34-18(28)11-14-7-3-2-4-8-14)13-35-24-20(23(31)27(19)24)26-21(29)16-9-5-6-10-17(16)22(26)30/h2-10,13,19-20,24H,11-12H2,1H3/t19-,20-,24-/m1/s1. The van der Waals surface area contributed by atoms with Crippen LogP contribution in [-0.4, -0.2) is 70.6 Å². The summed E-state index contributed by atoms with van der Waals surface area (Å²) in [5, 5.41) is 0.980. The Bertz CT molecular complexity index is 1240. The number of benzene rings is 2. The summed E-state index contributed by atoms with van der Waals surface area (Å²) in [5.74, 6) is -2.80. The zero-order valence-corrected chi connectivity index (χ0v) is 19.4. The first-order valence-electron chi connectivity index (χ1n) is 10.8. The topological polar surface area (TPSA) is 110 Å². The van der Waals surface area contributed by atoms with Gasteiger partial charge >= 0.3 is 11.9 Å². The molecule has 0 bridgehead atoms. The normalized spacial score (nSPS) is 22.7. The minimum Gasteiger partial charge on any atom is -0.467 e. The summed E-state index contributed by atoms with van der Waals surface area (Å²) in [4.78, 5) is 66.2. The van der Waals surface area contributed by atoms with Crippen LogP contribution in [0.3, 0.4) is 0 Å². The van der Waals surface area contributed by atoms with Crippen LogP contribution in [0.2, 0.25) is 0 Å². The molecule has 0 N–H and O–H groups in total. The minimum absolute atomic E-state index is 0.0667. The maximum absolute atomic E-state index is 13.2. The third-order valence-corrected chi connectivity index (χ3v) is 7.36. The third-order valence-electron chi connectivity index (χ3n) is 6.16. The Morgan fingerprint density at radius 3 is 2.20 bits per heavy atom. The van der Waals surface area contributed by atoms with E-state index >= 15 is 0 Å². The molecule has 0 aliphatic carbocycles. The fraction of sp³-hybridized carbons (Fsp3) is 0.240. The molecule has 3 aliphatic heterocycles. The van der Waals surface area contributed by atoms with Gasteiger partial charge in [-0.15, -0.1) is 11.8 Å². The number of rotatable bonds is 6. The highest BCUT2D eigenvalue weighted by atomic mass is 32.2. The van der Waals surface area contributed by atoms with Gasteiger partial charge in [0.05, 0.1) is 24.7 Å². The zero-order valence-electron chi connectivity index (χ0n) is 18.6. The van der Waals surface area contributed by atoms with E-state index in [9.17, 15) is 24.0 Å². The highest BCUT2D eigenvalue weighted by Crippen LogP contribution is 2.44. The number of nitrogens with zero attached hydrogens (tertiary/aromatic N) is 2. The Hall–Kier alpha value is -3.92. The van der Waals surface area contributed by atoms with E-state index < -0.39 is 47.1 Å². The molecule has 5 rings (SSSR count). The molecule has 0 aromatic heterocycles. The molecule has 3 amide bonds. The second kappa shape index (κ2) is 9.03. The number of esters is 2. The van der Waals surface area contributed by atoms with Crippen LogP contribution in [0.5, 0.6) is 0 Å².